The van der Waals surface area contributed by atoms with Crippen molar-refractivity contribution in [2.45, 2.75) is 19.1 Å². The van der Waals surface area contributed by atoms with Crippen LogP contribution in [0.15, 0.2) is 54.6 Å². The summed E-state index contributed by atoms with van der Waals surface area (Å²) >= 11 is 0. The quantitative estimate of drug-likeness (QED) is 0.794. The molecule has 2 aromatic carbocycles. The van der Waals surface area contributed by atoms with Gasteiger partial charge in [-0.3, -0.25) is 4.79 Å². The van der Waals surface area contributed by atoms with Gasteiger partial charge in [-0.05, 0) is 29.7 Å². The Balaban J connectivity index is 0.00000220. The molecule has 3 N–H and O–H groups in total. The van der Waals surface area contributed by atoms with Crippen molar-refractivity contribution in [2.24, 2.45) is 5.73 Å². The Hall–Kier alpha value is -1.81. The van der Waals surface area contributed by atoms with Crippen molar-refractivity contribution in [1.82, 2.24) is 0 Å². The predicted molar refractivity (Wildman–Crippen MR) is 76.5 cm³/mol. The summed E-state index contributed by atoms with van der Waals surface area (Å²) in [7, 11) is 0. The summed E-state index contributed by atoms with van der Waals surface area (Å²) in [6.07, 6.45) is 0.314. The van der Waals surface area contributed by atoms with E-state index < -0.39 is 12.0 Å². The van der Waals surface area contributed by atoms with Crippen LogP contribution in [0.1, 0.15) is 11.1 Å². The molecule has 2 rings (SSSR count). The summed E-state index contributed by atoms with van der Waals surface area (Å²) in [6, 6.07) is 16.4. The fourth-order valence-corrected chi connectivity index (χ4v) is 1.80. The summed E-state index contributed by atoms with van der Waals surface area (Å²) in [4.78, 5) is 10.7. The van der Waals surface area contributed by atoms with E-state index in [1.165, 1.54) is 0 Å². The molecule has 0 heterocycles. The second kappa shape index (κ2) is 8.47. The van der Waals surface area contributed by atoms with E-state index in [4.69, 9.17) is 15.6 Å². The second-order valence-electron chi connectivity index (χ2n) is 4.57. The molecule has 2 aromatic rings. The van der Waals surface area contributed by atoms with E-state index in [0.29, 0.717) is 13.0 Å². The Kier molecular flexibility index (Phi) is 6.95. The molecule has 0 saturated heterocycles. The maximum Gasteiger partial charge on any atom is 0.320 e. The van der Waals surface area contributed by atoms with E-state index in [1.54, 1.807) is 0 Å². The molecular formula is C16H17CuNO3. The standard InChI is InChI=1S/C16H17NO3.Cu/c17-15(16(18)19)10-12-6-8-14(9-7-12)20-11-13-4-2-1-3-5-13;/h1-9,15H,10-11,17H2,(H,18,19);/t15-;/m1./s1. The Labute approximate surface area is 134 Å². The van der Waals surface area contributed by atoms with Gasteiger partial charge in [0.05, 0.1) is 0 Å². The maximum absolute atomic E-state index is 10.7. The number of rotatable bonds is 6. The van der Waals surface area contributed by atoms with Crippen LogP contribution in [-0.2, 0) is 34.9 Å². The van der Waals surface area contributed by atoms with Gasteiger partial charge in [0.15, 0.2) is 0 Å². The van der Waals surface area contributed by atoms with Crippen LogP contribution in [0.2, 0.25) is 0 Å². The molecule has 0 aliphatic carbocycles. The summed E-state index contributed by atoms with van der Waals surface area (Å²) in [5.41, 5.74) is 7.47. The molecule has 0 bridgehead atoms. The molecule has 4 nitrogen and oxygen atoms in total. The third kappa shape index (κ3) is 5.60. The van der Waals surface area contributed by atoms with Crippen LogP contribution in [-0.4, -0.2) is 17.1 Å². The largest absolute Gasteiger partial charge is 0.489 e. The molecule has 5 heteroatoms. The van der Waals surface area contributed by atoms with Crippen LogP contribution in [0.25, 0.3) is 0 Å². The summed E-state index contributed by atoms with van der Waals surface area (Å²) < 4.78 is 5.65. The van der Waals surface area contributed by atoms with Gasteiger partial charge in [0, 0.05) is 17.1 Å². The normalized spacial score (nSPS) is 11.3. The number of aliphatic carboxylic acids is 1. The smallest absolute Gasteiger partial charge is 0.320 e. The topological polar surface area (TPSA) is 72.5 Å². The molecule has 0 saturated carbocycles. The zero-order valence-corrected chi connectivity index (χ0v) is 12.3. The molecular weight excluding hydrogens is 318 g/mol. The van der Waals surface area contributed by atoms with E-state index in [0.717, 1.165) is 16.9 Å². The minimum atomic E-state index is -0.991. The van der Waals surface area contributed by atoms with Gasteiger partial charge in [-0.25, -0.2) is 0 Å². The summed E-state index contributed by atoms with van der Waals surface area (Å²) in [6.45, 7) is 0.509. The fraction of sp³-hybridized carbons (Fsp3) is 0.188. The monoisotopic (exact) mass is 334 g/mol. The number of hydrogen-bond acceptors (Lipinski definition) is 3. The Morgan fingerprint density at radius 3 is 2.24 bits per heavy atom. The summed E-state index contributed by atoms with van der Waals surface area (Å²) in [5.74, 6) is -0.240. The first-order valence-corrected chi connectivity index (χ1v) is 6.39. The first kappa shape index (κ1) is 17.2. The third-order valence-corrected chi connectivity index (χ3v) is 2.94. The molecule has 0 unspecified atom stereocenters. The average molecular weight is 335 g/mol. The first-order chi connectivity index (χ1) is 9.65. The van der Waals surface area contributed by atoms with Crippen molar-refractivity contribution in [3.63, 3.8) is 0 Å². The van der Waals surface area contributed by atoms with E-state index in [1.807, 2.05) is 54.6 Å². The number of nitrogens with two attached hydrogens (primary N) is 1. The Morgan fingerprint density at radius 2 is 1.67 bits per heavy atom. The van der Waals surface area contributed by atoms with Crippen molar-refractivity contribution in [2.75, 3.05) is 0 Å². The zero-order chi connectivity index (χ0) is 14.4. The molecule has 1 atom stereocenters. The van der Waals surface area contributed by atoms with Crippen molar-refractivity contribution in [3.8, 4) is 5.75 Å². The molecule has 1 radical (unpaired) electrons. The molecule has 0 amide bonds. The van der Waals surface area contributed by atoms with Gasteiger partial charge in [0.1, 0.15) is 18.4 Å². The van der Waals surface area contributed by atoms with Crippen LogP contribution in [0, 0.1) is 0 Å². The minimum absolute atomic E-state index is 0. The summed E-state index contributed by atoms with van der Waals surface area (Å²) in [5, 5.41) is 8.76. The number of ether oxygens (including phenoxy) is 1. The van der Waals surface area contributed by atoms with Crippen LogP contribution in [0.4, 0.5) is 0 Å². The molecule has 0 fully saturated rings. The third-order valence-electron chi connectivity index (χ3n) is 2.94. The Morgan fingerprint density at radius 1 is 1.05 bits per heavy atom. The van der Waals surface area contributed by atoms with Gasteiger partial charge in [0.2, 0.25) is 0 Å². The van der Waals surface area contributed by atoms with Crippen molar-refractivity contribution in [1.29, 1.82) is 0 Å². The predicted octanol–water partition coefficient (Wildman–Crippen LogP) is 2.22. The number of carboxylic acids is 1. The van der Waals surface area contributed by atoms with Gasteiger partial charge in [0.25, 0.3) is 0 Å². The minimum Gasteiger partial charge on any atom is -0.489 e. The SMILES string of the molecule is N[C@H](Cc1ccc(OCc2ccccc2)cc1)C(=O)O.[Cu]. The van der Waals surface area contributed by atoms with Crippen LogP contribution >= 0.6 is 0 Å². The van der Waals surface area contributed by atoms with Crippen LogP contribution in [0.5, 0.6) is 5.75 Å². The van der Waals surface area contributed by atoms with E-state index >= 15 is 0 Å². The molecule has 115 valence electrons. The number of hydrogen-bond donors (Lipinski definition) is 2. The van der Waals surface area contributed by atoms with Crippen LogP contribution < -0.4 is 10.5 Å². The van der Waals surface area contributed by atoms with Crippen LogP contribution in [0.3, 0.4) is 0 Å². The molecule has 0 spiro atoms. The number of carboxylic acid groups (broad SMARTS) is 1. The van der Waals surface area contributed by atoms with E-state index in [-0.39, 0.29) is 17.1 Å². The molecule has 21 heavy (non-hydrogen) atoms. The first-order valence-electron chi connectivity index (χ1n) is 6.39. The maximum atomic E-state index is 10.7. The number of carbonyl (C=O) groups is 1. The van der Waals surface area contributed by atoms with Crippen molar-refractivity contribution < 1.29 is 31.7 Å². The fourth-order valence-electron chi connectivity index (χ4n) is 1.80. The molecule has 0 aliphatic rings. The van der Waals surface area contributed by atoms with Crippen molar-refractivity contribution >= 4 is 5.97 Å². The molecule has 0 aliphatic heterocycles. The van der Waals surface area contributed by atoms with E-state index in [9.17, 15) is 4.79 Å². The van der Waals surface area contributed by atoms with Gasteiger partial charge in [-0.2, -0.15) is 0 Å². The zero-order valence-electron chi connectivity index (χ0n) is 11.3. The van der Waals surface area contributed by atoms with Gasteiger partial charge < -0.3 is 15.6 Å². The number of benzene rings is 2. The Bertz CT molecular complexity index is 557. The molecule has 0 aromatic heterocycles. The average Bonchev–Trinajstić information content (AvgIpc) is 2.47. The second-order valence-corrected chi connectivity index (χ2v) is 4.57. The van der Waals surface area contributed by atoms with Crippen molar-refractivity contribution in [3.05, 3.63) is 65.7 Å². The van der Waals surface area contributed by atoms with Gasteiger partial charge in [-0.15, -0.1) is 0 Å². The van der Waals surface area contributed by atoms with Gasteiger partial charge >= 0.3 is 5.97 Å². The van der Waals surface area contributed by atoms with Gasteiger partial charge in [-0.1, -0.05) is 42.5 Å². The van der Waals surface area contributed by atoms with E-state index in [2.05, 4.69) is 0 Å².